The predicted molar refractivity (Wildman–Crippen MR) is 68.4 cm³/mol. The summed E-state index contributed by atoms with van der Waals surface area (Å²) < 4.78 is 0. The van der Waals surface area contributed by atoms with Gasteiger partial charge in [-0.1, -0.05) is 5.92 Å². The van der Waals surface area contributed by atoms with Crippen molar-refractivity contribution in [2.24, 2.45) is 0 Å². The number of benzene rings is 1. The van der Waals surface area contributed by atoms with Gasteiger partial charge >= 0.3 is 5.97 Å². The van der Waals surface area contributed by atoms with Gasteiger partial charge in [0, 0.05) is 5.39 Å². The summed E-state index contributed by atoms with van der Waals surface area (Å²) in [5, 5.41) is 12.8. The van der Waals surface area contributed by atoms with Crippen molar-refractivity contribution < 1.29 is 9.90 Å². The Labute approximate surface area is 104 Å². The van der Waals surface area contributed by atoms with Gasteiger partial charge in [0.1, 0.15) is 12.1 Å². The normalized spacial score (nSPS) is 9.61. The van der Waals surface area contributed by atoms with Gasteiger partial charge in [-0.25, -0.2) is 14.8 Å². The number of anilines is 1. The second-order valence-corrected chi connectivity index (χ2v) is 3.54. The van der Waals surface area contributed by atoms with Crippen LogP contribution < -0.4 is 5.32 Å². The van der Waals surface area contributed by atoms with Crippen LogP contribution in [-0.4, -0.2) is 27.6 Å². The summed E-state index contributed by atoms with van der Waals surface area (Å²) >= 11 is 0. The van der Waals surface area contributed by atoms with Crippen LogP contribution in [0.1, 0.15) is 17.3 Å². The standard InChI is InChI=1S/C13H11N3O2/c1-2-3-6-14-12-10-5-4-9(13(17)18)7-11(10)15-8-16-12/h4-5,7-8H,6H2,1H3,(H,17,18)(H,14,15,16). The van der Waals surface area contributed by atoms with Crippen molar-refractivity contribution in [1.82, 2.24) is 9.97 Å². The Hall–Kier alpha value is -2.61. The third-order valence-electron chi connectivity index (χ3n) is 2.40. The highest BCUT2D eigenvalue weighted by Gasteiger charge is 2.07. The average Bonchev–Trinajstić information content (AvgIpc) is 2.38. The quantitative estimate of drug-likeness (QED) is 0.801. The largest absolute Gasteiger partial charge is 0.478 e. The van der Waals surface area contributed by atoms with E-state index in [4.69, 9.17) is 5.11 Å². The first kappa shape index (κ1) is 11.9. The molecule has 2 aromatic rings. The summed E-state index contributed by atoms with van der Waals surface area (Å²) in [4.78, 5) is 19.0. The minimum absolute atomic E-state index is 0.209. The summed E-state index contributed by atoms with van der Waals surface area (Å²) in [7, 11) is 0. The van der Waals surface area contributed by atoms with Gasteiger partial charge in [0.2, 0.25) is 0 Å². The summed E-state index contributed by atoms with van der Waals surface area (Å²) in [5.41, 5.74) is 0.803. The topological polar surface area (TPSA) is 75.1 Å². The Balaban J connectivity index is 2.42. The average molecular weight is 241 g/mol. The van der Waals surface area contributed by atoms with Gasteiger partial charge in [-0.05, 0) is 25.1 Å². The Bertz CT molecular complexity index is 656. The molecule has 0 saturated carbocycles. The molecule has 0 aliphatic heterocycles. The van der Waals surface area contributed by atoms with Gasteiger partial charge in [-0.15, -0.1) is 5.92 Å². The molecule has 0 fully saturated rings. The molecular formula is C13H11N3O2. The Morgan fingerprint density at radius 3 is 3.00 bits per heavy atom. The van der Waals surface area contributed by atoms with E-state index in [2.05, 4.69) is 27.1 Å². The van der Waals surface area contributed by atoms with E-state index in [-0.39, 0.29) is 5.56 Å². The maximum absolute atomic E-state index is 10.9. The van der Waals surface area contributed by atoms with E-state index in [9.17, 15) is 4.79 Å². The van der Waals surface area contributed by atoms with E-state index in [1.807, 2.05) is 0 Å². The van der Waals surface area contributed by atoms with Crippen LogP contribution in [0.4, 0.5) is 5.82 Å². The van der Waals surface area contributed by atoms with E-state index in [0.29, 0.717) is 17.9 Å². The van der Waals surface area contributed by atoms with Crippen LogP contribution in [0.15, 0.2) is 24.5 Å². The number of fused-ring (bicyclic) bond motifs is 1. The zero-order valence-corrected chi connectivity index (χ0v) is 9.77. The number of hydrogen-bond donors (Lipinski definition) is 2. The smallest absolute Gasteiger partial charge is 0.335 e. The van der Waals surface area contributed by atoms with Gasteiger partial charge in [-0.3, -0.25) is 0 Å². The summed E-state index contributed by atoms with van der Waals surface area (Å²) in [6, 6.07) is 4.75. The highest BCUT2D eigenvalue weighted by Crippen LogP contribution is 2.20. The van der Waals surface area contributed by atoms with E-state index >= 15 is 0 Å². The first-order chi connectivity index (χ1) is 8.72. The van der Waals surface area contributed by atoms with Crippen LogP contribution >= 0.6 is 0 Å². The van der Waals surface area contributed by atoms with E-state index in [0.717, 1.165) is 5.39 Å². The van der Waals surface area contributed by atoms with Crippen molar-refractivity contribution in [3.05, 3.63) is 30.1 Å². The number of aromatic nitrogens is 2. The first-order valence-corrected chi connectivity index (χ1v) is 5.34. The fraction of sp³-hybridized carbons (Fsp3) is 0.154. The van der Waals surface area contributed by atoms with Gasteiger partial charge in [0.15, 0.2) is 0 Å². The van der Waals surface area contributed by atoms with Crippen molar-refractivity contribution >= 4 is 22.7 Å². The van der Waals surface area contributed by atoms with E-state index in [1.54, 1.807) is 13.0 Å². The summed E-state index contributed by atoms with van der Waals surface area (Å²) in [5.74, 6) is 5.33. The second-order valence-electron chi connectivity index (χ2n) is 3.54. The lowest BCUT2D eigenvalue weighted by molar-refractivity contribution is 0.0697. The molecule has 0 amide bonds. The van der Waals surface area contributed by atoms with Gasteiger partial charge < -0.3 is 10.4 Å². The van der Waals surface area contributed by atoms with Crippen LogP contribution in [-0.2, 0) is 0 Å². The third kappa shape index (κ3) is 2.38. The molecule has 0 radical (unpaired) electrons. The number of aromatic carboxylic acids is 1. The van der Waals surface area contributed by atoms with Crippen molar-refractivity contribution in [2.75, 3.05) is 11.9 Å². The molecule has 0 bridgehead atoms. The van der Waals surface area contributed by atoms with Crippen LogP contribution in [0.5, 0.6) is 0 Å². The maximum Gasteiger partial charge on any atom is 0.335 e. The van der Waals surface area contributed by atoms with Gasteiger partial charge in [-0.2, -0.15) is 0 Å². The Morgan fingerprint density at radius 1 is 1.44 bits per heavy atom. The fourth-order valence-electron chi connectivity index (χ4n) is 1.55. The minimum atomic E-state index is -0.970. The molecule has 0 unspecified atom stereocenters. The molecule has 90 valence electrons. The summed E-state index contributed by atoms with van der Waals surface area (Å²) in [6.07, 6.45) is 1.40. The molecule has 18 heavy (non-hydrogen) atoms. The van der Waals surface area contributed by atoms with Gasteiger partial charge in [0.05, 0.1) is 17.6 Å². The zero-order valence-electron chi connectivity index (χ0n) is 9.77. The minimum Gasteiger partial charge on any atom is -0.478 e. The monoisotopic (exact) mass is 241 g/mol. The highest BCUT2D eigenvalue weighted by molar-refractivity contribution is 5.96. The zero-order chi connectivity index (χ0) is 13.0. The molecule has 5 heteroatoms. The first-order valence-electron chi connectivity index (χ1n) is 5.34. The highest BCUT2D eigenvalue weighted by atomic mass is 16.4. The second kappa shape index (κ2) is 5.15. The van der Waals surface area contributed by atoms with Crippen LogP contribution in [0, 0.1) is 11.8 Å². The number of hydrogen-bond acceptors (Lipinski definition) is 4. The SMILES string of the molecule is CC#CCNc1ncnc2cc(C(=O)O)ccc12. The van der Waals surface area contributed by atoms with Gasteiger partial charge in [0.25, 0.3) is 0 Å². The number of nitrogens with one attached hydrogen (secondary N) is 1. The molecular weight excluding hydrogens is 230 g/mol. The fourth-order valence-corrected chi connectivity index (χ4v) is 1.55. The third-order valence-corrected chi connectivity index (χ3v) is 2.40. The molecule has 1 aromatic carbocycles. The number of nitrogens with zero attached hydrogens (tertiary/aromatic N) is 2. The Morgan fingerprint density at radius 2 is 2.28 bits per heavy atom. The molecule has 0 atom stereocenters. The lowest BCUT2D eigenvalue weighted by Gasteiger charge is -2.05. The number of carbonyl (C=O) groups is 1. The van der Waals surface area contributed by atoms with Crippen LogP contribution in [0.25, 0.3) is 10.9 Å². The van der Waals surface area contributed by atoms with Crippen molar-refractivity contribution in [3.8, 4) is 11.8 Å². The lowest BCUT2D eigenvalue weighted by Crippen LogP contribution is -2.03. The number of carboxylic acid groups (broad SMARTS) is 1. The summed E-state index contributed by atoms with van der Waals surface area (Å²) in [6.45, 7) is 2.25. The Kier molecular flexibility index (Phi) is 3.39. The molecule has 0 saturated heterocycles. The predicted octanol–water partition coefficient (Wildman–Crippen LogP) is 1.76. The van der Waals surface area contributed by atoms with Crippen LogP contribution in [0.2, 0.25) is 0 Å². The van der Waals surface area contributed by atoms with Crippen molar-refractivity contribution in [2.45, 2.75) is 6.92 Å². The lowest BCUT2D eigenvalue weighted by atomic mass is 10.1. The van der Waals surface area contributed by atoms with E-state index in [1.165, 1.54) is 18.5 Å². The van der Waals surface area contributed by atoms with Crippen molar-refractivity contribution in [1.29, 1.82) is 0 Å². The molecule has 5 nitrogen and oxygen atoms in total. The molecule has 2 rings (SSSR count). The van der Waals surface area contributed by atoms with Crippen molar-refractivity contribution in [3.63, 3.8) is 0 Å². The molecule has 2 N–H and O–H groups in total. The molecule has 1 heterocycles. The maximum atomic E-state index is 10.9. The molecule has 1 aromatic heterocycles. The molecule has 0 spiro atoms. The van der Waals surface area contributed by atoms with Crippen LogP contribution in [0.3, 0.4) is 0 Å². The number of carboxylic acids is 1. The molecule has 0 aliphatic carbocycles. The van der Waals surface area contributed by atoms with E-state index < -0.39 is 5.97 Å². The number of rotatable bonds is 3. The molecule has 0 aliphatic rings.